The van der Waals surface area contributed by atoms with E-state index in [1.54, 1.807) is 7.11 Å². The molecule has 4 aliphatic rings. The van der Waals surface area contributed by atoms with Crippen molar-refractivity contribution in [3.63, 3.8) is 0 Å². The van der Waals surface area contributed by atoms with Gasteiger partial charge in [-0.25, -0.2) is 0 Å². The normalized spacial score (nSPS) is 30.2. The number of ether oxygens (including phenoxy) is 3. The number of likely N-dealkylation sites (N-methyl/N-ethyl adjacent to an activating group) is 1. The van der Waals surface area contributed by atoms with E-state index in [-0.39, 0.29) is 30.9 Å². The van der Waals surface area contributed by atoms with Crippen LogP contribution < -0.4 is 9.47 Å². The standard InChI is InChI=1S/C26H28N2O4/c1-27-23-13-19(30-2)8-10-26(23)20-14-22-21(31-16-32-22)12-18(20)15-28(24(26)25(27)29)11-9-17-6-4-3-5-7-17/h3-8,10,12,14,19,23-24H,9,11,13,15-16H2,1-2H3/t19-,23+,24-,26+/m1/s1. The van der Waals surface area contributed by atoms with E-state index in [2.05, 4.69) is 53.5 Å². The molecule has 1 amide bonds. The molecule has 0 unspecified atom stereocenters. The highest BCUT2D eigenvalue weighted by atomic mass is 16.7. The molecular formula is C26H28N2O4. The maximum atomic E-state index is 13.7. The molecule has 6 rings (SSSR count). The van der Waals surface area contributed by atoms with Crippen molar-refractivity contribution in [2.75, 3.05) is 27.5 Å². The molecule has 0 radical (unpaired) electrons. The minimum atomic E-state index is -0.424. The molecule has 6 heteroatoms. The molecule has 1 fully saturated rings. The molecule has 1 aliphatic carbocycles. The maximum Gasteiger partial charge on any atom is 0.241 e. The van der Waals surface area contributed by atoms with Crippen LogP contribution in [0, 0.1) is 0 Å². The average Bonchev–Trinajstić information content (AvgIpc) is 3.37. The van der Waals surface area contributed by atoms with E-state index >= 15 is 0 Å². The van der Waals surface area contributed by atoms with Crippen molar-refractivity contribution < 1.29 is 19.0 Å². The quantitative estimate of drug-likeness (QED) is 0.696. The van der Waals surface area contributed by atoms with Gasteiger partial charge in [-0.2, -0.15) is 0 Å². The van der Waals surface area contributed by atoms with Crippen molar-refractivity contribution in [2.45, 2.75) is 43.0 Å². The van der Waals surface area contributed by atoms with Crippen LogP contribution in [0.5, 0.6) is 11.5 Å². The highest BCUT2D eigenvalue weighted by Gasteiger charge is 2.63. The zero-order valence-corrected chi connectivity index (χ0v) is 18.5. The van der Waals surface area contributed by atoms with Gasteiger partial charge in [0.05, 0.1) is 11.5 Å². The Bertz CT molecular complexity index is 1080. The lowest BCUT2D eigenvalue weighted by molar-refractivity contribution is -0.132. The van der Waals surface area contributed by atoms with Crippen LogP contribution in [0.4, 0.5) is 0 Å². The van der Waals surface area contributed by atoms with Crippen LogP contribution in [-0.2, 0) is 27.9 Å². The van der Waals surface area contributed by atoms with Gasteiger partial charge in [-0.05, 0) is 41.7 Å². The number of methoxy groups -OCH3 is 1. The van der Waals surface area contributed by atoms with E-state index in [1.165, 1.54) is 16.7 Å². The summed E-state index contributed by atoms with van der Waals surface area (Å²) in [6, 6.07) is 14.5. The zero-order valence-electron chi connectivity index (χ0n) is 18.5. The van der Waals surface area contributed by atoms with Crippen molar-refractivity contribution in [1.82, 2.24) is 9.80 Å². The molecule has 2 aromatic rings. The summed E-state index contributed by atoms with van der Waals surface area (Å²) < 4.78 is 17.1. The summed E-state index contributed by atoms with van der Waals surface area (Å²) in [6.07, 6.45) is 6.09. The van der Waals surface area contributed by atoms with E-state index in [4.69, 9.17) is 14.2 Å². The fourth-order valence-electron chi connectivity index (χ4n) is 6.18. The summed E-state index contributed by atoms with van der Waals surface area (Å²) in [7, 11) is 3.68. The Hall–Kier alpha value is -2.83. The van der Waals surface area contributed by atoms with E-state index in [0.29, 0.717) is 0 Å². The van der Waals surface area contributed by atoms with Crippen LogP contribution in [0.15, 0.2) is 54.6 Å². The van der Waals surface area contributed by atoms with E-state index in [1.807, 2.05) is 18.0 Å². The molecule has 0 bridgehead atoms. The molecule has 1 spiro atoms. The number of carbonyl (C=O) groups is 1. The third-order valence-corrected chi connectivity index (χ3v) is 7.73. The third-order valence-electron chi connectivity index (χ3n) is 7.73. The maximum absolute atomic E-state index is 13.7. The van der Waals surface area contributed by atoms with Crippen LogP contribution in [0.3, 0.4) is 0 Å². The first-order chi connectivity index (χ1) is 15.6. The van der Waals surface area contributed by atoms with Crippen molar-refractivity contribution in [3.05, 3.63) is 71.3 Å². The fourth-order valence-corrected chi connectivity index (χ4v) is 6.18. The monoisotopic (exact) mass is 432 g/mol. The molecule has 4 atom stereocenters. The first kappa shape index (κ1) is 19.8. The van der Waals surface area contributed by atoms with Crippen LogP contribution >= 0.6 is 0 Å². The van der Waals surface area contributed by atoms with Crippen LogP contribution in [-0.4, -0.2) is 61.4 Å². The Morgan fingerprint density at radius 2 is 1.94 bits per heavy atom. The van der Waals surface area contributed by atoms with Gasteiger partial charge < -0.3 is 19.1 Å². The summed E-state index contributed by atoms with van der Waals surface area (Å²) in [5, 5.41) is 0. The van der Waals surface area contributed by atoms with E-state index in [9.17, 15) is 4.79 Å². The molecule has 2 aromatic carbocycles. The molecule has 0 aromatic heterocycles. The number of likely N-dealkylation sites (tertiary alicyclic amines) is 1. The first-order valence-electron chi connectivity index (χ1n) is 11.3. The van der Waals surface area contributed by atoms with Gasteiger partial charge in [0.15, 0.2) is 11.5 Å². The molecule has 1 saturated heterocycles. The molecule has 0 N–H and O–H groups in total. The number of rotatable bonds is 4. The average molecular weight is 433 g/mol. The van der Waals surface area contributed by atoms with Crippen molar-refractivity contribution in [3.8, 4) is 11.5 Å². The highest BCUT2D eigenvalue weighted by Crippen LogP contribution is 2.54. The number of carbonyl (C=O) groups excluding carboxylic acids is 1. The van der Waals surface area contributed by atoms with Gasteiger partial charge in [0.1, 0.15) is 6.04 Å². The van der Waals surface area contributed by atoms with Crippen molar-refractivity contribution >= 4 is 5.91 Å². The summed E-state index contributed by atoms with van der Waals surface area (Å²) >= 11 is 0. The Labute approximate surface area is 188 Å². The molecule has 3 heterocycles. The lowest BCUT2D eigenvalue weighted by atomic mass is 9.63. The number of amides is 1. The van der Waals surface area contributed by atoms with Crippen molar-refractivity contribution in [1.29, 1.82) is 0 Å². The Balaban J connectivity index is 1.47. The SMILES string of the molecule is CO[C@@H]1C=C[C@@]23c4cc5c(cc4CN(CCc4ccccc4)[C@@H]2C(=O)N(C)[C@H]3C1)OCO5. The molecule has 166 valence electrons. The molecular weight excluding hydrogens is 404 g/mol. The minimum absolute atomic E-state index is 0.0109. The molecule has 0 saturated carbocycles. The van der Waals surface area contributed by atoms with Crippen molar-refractivity contribution in [2.24, 2.45) is 0 Å². The lowest BCUT2D eigenvalue weighted by Gasteiger charge is -2.49. The topological polar surface area (TPSA) is 51.2 Å². The van der Waals surface area contributed by atoms with Gasteiger partial charge in [-0.3, -0.25) is 9.69 Å². The first-order valence-corrected chi connectivity index (χ1v) is 11.3. The number of nitrogens with zero attached hydrogens (tertiary/aromatic N) is 2. The predicted octanol–water partition coefficient (Wildman–Crippen LogP) is 2.90. The number of fused-ring (bicyclic) bond motifs is 2. The van der Waals surface area contributed by atoms with Gasteiger partial charge in [-0.1, -0.05) is 42.5 Å². The van der Waals surface area contributed by atoms with Crippen LogP contribution in [0.2, 0.25) is 0 Å². The zero-order chi connectivity index (χ0) is 21.9. The van der Waals surface area contributed by atoms with Gasteiger partial charge in [0, 0.05) is 33.3 Å². The molecule has 6 nitrogen and oxygen atoms in total. The third kappa shape index (κ3) is 2.76. The lowest BCUT2D eigenvalue weighted by Crippen LogP contribution is -2.58. The second kappa shape index (κ2) is 7.36. The second-order valence-electron chi connectivity index (χ2n) is 9.24. The highest BCUT2D eigenvalue weighted by molar-refractivity contribution is 5.89. The number of hydrogen-bond acceptors (Lipinski definition) is 5. The minimum Gasteiger partial charge on any atom is -0.454 e. The van der Waals surface area contributed by atoms with Crippen LogP contribution in [0.25, 0.3) is 0 Å². The summed E-state index contributed by atoms with van der Waals surface area (Å²) in [5.41, 5.74) is 3.27. The van der Waals surface area contributed by atoms with E-state index in [0.717, 1.165) is 37.4 Å². The van der Waals surface area contributed by atoms with E-state index < -0.39 is 5.41 Å². The fraction of sp³-hybridized carbons (Fsp3) is 0.423. The van der Waals surface area contributed by atoms with Crippen LogP contribution in [0.1, 0.15) is 23.1 Å². The van der Waals surface area contributed by atoms with Gasteiger partial charge in [0.2, 0.25) is 12.7 Å². The molecule has 32 heavy (non-hydrogen) atoms. The van der Waals surface area contributed by atoms with Gasteiger partial charge >= 0.3 is 0 Å². The molecule has 3 aliphatic heterocycles. The second-order valence-corrected chi connectivity index (χ2v) is 9.24. The summed E-state index contributed by atoms with van der Waals surface area (Å²) in [4.78, 5) is 18.0. The number of benzene rings is 2. The predicted molar refractivity (Wildman–Crippen MR) is 120 cm³/mol. The van der Waals surface area contributed by atoms with Gasteiger partial charge in [0.25, 0.3) is 0 Å². The number of hydrogen-bond donors (Lipinski definition) is 0. The Morgan fingerprint density at radius 3 is 2.72 bits per heavy atom. The smallest absolute Gasteiger partial charge is 0.241 e. The Morgan fingerprint density at radius 1 is 1.16 bits per heavy atom. The summed E-state index contributed by atoms with van der Waals surface area (Å²) in [5.74, 6) is 1.76. The summed E-state index contributed by atoms with van der Waals surface area (Å²) in [6.45, 7) is 1.79. The van der Waals surface area contributed by atoms with Gasteiger partial charge in [-0.15, -0.1) is 0 Å². The Kier molecular flexibility index (Phi) is 4.56. The largest absolute Gasteiger partial charge is 0.454 e.